The van der Waals surface area contributed by atoms with Crippen molar-refractivity contribution in [1.29, 1.82) is 0 Å². The maximum atomic E-state index is 13.4. The number of aromatic nitrogens is 2. The van der Waals surface area contributed by atoms with Crippen molar-refractivity contribution in [3.63, 3.8) is 0 Å². The van der Waals surface area contributed by atoms with Crippen LogP contribution in [0, 0.1) is 12.7 Å². The van der Waals surface area contributed by atoms with E-state index in [0.717, 1.165) is 25.1 Å². The summed E-state index contributed by atoms with van der Waals surface area (Å²) in [6.45, 7) is 3.16. The highest BCUT2D eigenvalue weighted by atomic mass is 19.1. The zero-order chi connectivity index (χ0) is 17.1. The van der Waals surface area contributed by atoms with Crippen LogP contribution >= 0.6 is 0 Å². The molecule has 1 atom stereocenters. The monoisotopic (exact) mass is 332 g/mol. The van der Waals surface area contributed by atoms with Crippen molar-refractivity contribution in [2.24, 2.45) is 0 Å². The first-order valence-electron chi connectivity index (χ1n) is 7.99. The van der Waals surface area contributed by atoms with E-state index in [-0.39, 0.29) is 18.0 Å². The summed E-state index contributed by atoms with van der Waals surface area (Å²) >= 11 is 0. The molecule has 1 N–H and O–H groups in total. The average Bonchev–Trinajstić information content (AvgIpc) is 3.17. The number of rotatable bonds is 4. The summed E-state index contributed by atoms with van der Waals surface area (Å²) in [4.78, 5) is 13.9. The normalized spacial score (nSPS) is 17.0. The standard InChI is InChI=1S/C17H21FN4O2/c1-12-9-16(20-22(12)14-6-3-5-13(18)10-14)19-17(23)21(2)11-15-7-4-8-24-15/h3,5-6,9-10,15H,4,7-8,11H2,1-2H3,(H,19,20,23)/t15-/m0/s1. The summed E-state index contributed by atoms with van der Waals surface area (Å²) in [7, 11) is 1.73. The first-order valence-corrected chi connectivity index (χ1v) is 7.99. The molecule has 24 heavy (non-hydrogen) atoms. The molecule has 0 bridgehead atoms. The molecule has 1 aromatic heterocycles. The number of hydrogen-bond donors (Lipinski definition) is 1. The molecule has 2 amide bonds. The minimum atomic E-state index is -0.329. The average molecular weight is 332 g/mol. The lowest BCUT2D eigenvalue weighted by Crippen LogP contribution is -2.37. The van der Waals surface area contributed by atoms with Crippen molar-refractivity contribution in [3.05, 3.63) is 41.8 Å². The third-order valence-electron chi connectivity index (χ3n) is 4.02. The molecule has 1 fully saturated rings. The summed E-state index contributed by atoms with van der Waals surface area (Å²) < 4.78 is 20.5. The van der Waals surface area contributed by atoms with E-state index in [2.05, 4.69) is 10.4 Å². The smallest absolute Gasteiger partial charge is 0.322 e. The van der Waals surface area contributed by atoms with E-state index in [0.29, 0.717) is 18.1 Å². The highest BCUT2D eigenvalue weighted by Gasteiger charge is 2.20. The van der Waals surface area contributed by atoms with Crippen molar-refractivity contribution in [2.75, 3.05) is 25.5 Å². The van der Waals surface area contributed by atoms with Crippen LogP contribution in [0.5, 0.6) is 0 Å². The summed E-state index contributed by atoms with van der Waals surface area (Å²) in [5.74, 6) is 0.102. The molecule has 0 aliphatic carbocycles. The summed E-state index contributed by atoms with van der Waals surface area (Å²) in [5.41, 5.74) is 1.42. The van der Waals surface area contributed by atoms with Crippen molar-refractivity contribution in [2.45, 2.75) is 25.9 Å². The van der Waals surface area contributed by atoms with Gasteiger partial charge in [0.15, 0.2) is 5.82 Å². The van der Waals surface area contributed by atoms with Crippen LogP contribution in [-0.2, 0) is 4.74 Å². The highest BCUT2D eigenvalue weighted by molar-refractivity contribution is 5.88. The Hall–Kier alpha value is -2.41. The number of hydrogen-bond acceptors (Lipinski definition) is 3. The lowest BCUT2D eigenvalue weighted by molar-refractivity contribution is 0.0894. The minimum absolute atomic E-state index is 0.104. The molecular formula is C17H21FN4O2. The van der Waals surface area contributed by atoms with Gasteiger partial charge in [0.05, 0.1) is 11.8 Å². The first kappa shape index (κ1) is 16.4. The maximum absolute atomic E-state index is 13.4. The number of ether oxygens (including phenoxy) is 1. The zero-order valence-corrected chi connectivity index (χ0v) is 13.8. The van der Waals surface area contributed by atoms with Gasteiger partial charge in [-0.05, 0) is 38.0 Å². The number of amides is 2. The van der Waals surface area contributed by atoms with Crippen LogP contribution < -0.4 is 5.32 Å². The third-order valence-corrected chi connectivity index (χ3v) is 4.02. The lowest BCUT2D eigenvalue weighted by atomic mass is 10.2. The van der Waals surface area contributed by atoms with Crippen LogP contribution in [-0.4, -0.2) is 47.0 Å². The van der Waals surface area contributed by atoms with Gasteiger partial charge in [0.1, 0.15) is 5.82 Å². The second kappa shape index (κ2) is 7.00. The molecule has 0 saturated carbocycles. The van der Waals surface area contributed by atoms with Crippen LogP contribution in [0.15, 0.2) is 30.3 Å². The number of halogens is 1. The topological polar surface area (TPSA) is 59.4 Å². The van der Waals surface area contributed by atoms with Crippen LogP contribution in [0.1, 0.15) is 18.5 Å². The molecular weight excluding hydrogens is 311 g/mol. The summed E-state index contributed by atoms with van der Waals surface area (Å²) in [6.07, 6.45) is 2.12. The second-order valence-corrected chi connectivity index (χ2v) is 6.01. The van der Waals surface area contributed by atoms with E-state index >= 15 is 0 Å². The van der Waals surface area contributed by atoms with Gasteiger partial charge >= 0.3 is 6.03 Å². The highest BCUT2D eigenvalue weighted by Crippen LogP contribution is 2.17. The zero-order valence-electron chi connectivity index (χ0n) is 13.8. The minimum Gasteiger partial charge on any atom is -0.376 e. The Morgan fingerprint density at radius 2 is 2.33 bits per heavy atom. The Labute approximate surface area is 140 Å². The quantitative estimate of drug-likeness (QED) is 0.936. The molecule has 2 heterocycles. The number of benzene rings is 1. The van der Waals surface area contributed by atoms with Gasteiger partial charge in [-0.25, -0.2) is 13.9 Å². The molecule has 1 aliphatic rings. The number of nitrogens with one attached hydrogen (secondary N) is 1. The molecule has 1 aliphatic heterocycles. The summed E-state index contributed by atoms with van der Waals surface area (Å²) in [5, 5.41) is 7.10. The molecule has 0 spiro atoms. The number of carbonyl (C=O) groups excluding carboxylic acids is 1. The molecule has 128 valence electrons. The number of urea groups is 1. The van der Waals surface area contributed by atoms with Gasteiger partial charge in [0.2, 0.25) is 0 Å². The fourth-order valence-corrected chi connectivity index (χ4v) is 2.79. The number of anilines is 1. The molecule has 2 aromatic rings. The number of likely N-dealkylation sites (N-methyl/N-ethyl adjacent to an activating group) is 1. The Morgan fingerprint density at radius 3 is 3.04 bits per heavy atom. The van der Waals surface area contributed by atoms with Gasteiger partial charge in [-0.3, -0.25) is 5.32 Å². The predicted molar refractivity (Wildman–Crippen MR) is 88.9 cm³/mol. The van der Waals surface area contributed by atoms with Gasteiger partial charge < -0.3 is 9.64 Å². The Bertz CT molecular complexity index is 725. The molecule has 1 saturated heterocycles. The molecule has 1 aromatic carbocycles. The van der Waals surface area contributed by atoms with Crippen LogP contribution in [0.2, 0.25) is 0 Å². The second-order valence-electron chi connectivity index (χ2n) is 6.01. The van der Waals surface area contributed by atoms with Crippen LogP contribution in [0.25, 0.3) is 5.69 Å². The van der Waals surface area contributed by atoms with Gasteiger partial charge in [0, 0.05) is 32.0 Å². The SMILES string of the molecule is Cc1cc(NC(=O)N(C)C[C@@H]2CCCO2)nn1-c1cccc(F)c1. The van der Waals surface area contributed by atoms with E-state index in [1.807, 2.05) is 6.92 Å². The van der Waals surface area contributed by atoms with Crippen molar-refractivity contribution >= 4 is 11.8 Å². The van der Waals surface area contributed by atoms with Crippen molar-refractivity contribution in [1.82, 2.24) is 14.7 Å². The first-order chi connectivity index (χ1) is 11.5. The molecule has 3 rings (SSSR count). The largest absolute Gasteiger partial charge is 0.376 e. The van der Waals surface area contributed by atoms with E-state index in [4.69, 9.17) is 4.74 Å². The Balaban J connectivity index is 1.67. The van der Waals surface area contributed by atoms with E-state index in [1.165, 1.54) is 12.1 Å². The number of aryl methyl sites for hydroxylation is 1. The molecule has 0 radical (unpaired) electrons. The molecule has 0 unspecified atom stereocenters. The van der Waals surface area contributed by atoms with Gasteiger partial charge in [-0.15, -0.1) is 5.10 Å². The van der Waals surface area contributed by atoms with Gasteiger partial charge in [0.25, 0.3) is 0 Å². The van der Waals surface area contributed by atoms with Crippen LogP contribution in [0.4, 0.5) is 15.0 Å². The van der Waals surface area contributed by atoms with Crippen molar-refractivity contribution in [3.8, 4) is 5.69 Å². The Morgan fingerprint density at radius 1 is 1.50 bits per heavy atom. The van der Waals surface area contributed by atoms with Gasteiger partial charge in [-0.2, -0.15) is 0 Å². The lowest BCUT2D eigenvalue weighted by Gasteiger charge is -2.20. The fraction of sp³-hybridized carbons (Fsp3) is 0.412. The van der Waals surface area contributed by atoms with E-state index < -0.39 is 0 Å². The fourth-order valence-electron chi connectivity index (χ4n) is 2.79. The Kier molecular flexibility index (Phi) is 4.80. The van der Waals surface area contributed by atoms with Crippen LogP contribution in [0.3, 0.4) is 0 Å². The summed E-state index contributed by atoms with van der Waals surface area (Å²) in [6, 6.07) is 7.68. The molecule has 6 nitrogen and oxygen atoms in total. The predicted octanol–water partition coefficient (Wildman–Crippen LogP) is 2.96. The third kappa shape index (κ3) is 3.73. The molecule has 7 heteroatoms. The number of nitrogens with zero attached hydrogens (tertiary/aromatic N) is 3. The van der Waals surface area contributed by atoms with Crippen molar-refractivity contribution < 1.29 is 13.9 Å². The number of carbonyl (C=O) groups is 1. The van der Waals surface area contributed by atoms with E-state index in [1.54, 1.807) is 34.8 Å². The van der Waals surface area contributed by atoms with E-state index in [9.17, 15) is 9.18 Å². The maximum Gasteiger partial charge on any atom is 0.322 e. The van der Waals surface area contributed by atoms with Gasteiger partial charge in [-0.1, -0.05) is 6.07 Å².